The molecule has 0 spiro atoms. The average molecular weight is 285 g/mol. The highest BCUT2D eigenvalue weighted by Gasteiger charge is 2.37. The van der Waals surface area contributed by atoms with Gasteiger partial charge in [0.2, 0.25) is 5.91 Å². The van der Waals surface area contributed by atoms with Crippen LogP contribution in [0.25, 0.3) is 0 Å². The first-order chi connectivity index (χ1) is 9.38. The molecule has 1 saturated heterocycles. The molecule has 0 bridgehead atoms. The number of hydrogen-bond acceptors (Lipinski definition) is 3. The van der Waals surface area contributed by atoms with Gasteiger partial charge in [0.15, 0.2) is 0 Å². The Kier molecular flexibility index (Phi) is 5.79. The van der Waals surface area contributed by atoms with E-state index in [1.54, 1.807) is 0 Å². The van der Waals surface area contributed by atoms with Gasteiger partial charge in [-0.15, -0.1) is 0 Å². The van der Waals surface area contributed by atoms with E-state index in [2.05, 4.69) is 5.32 Å². The molecule has 1 heterocycles. The van der Waals surface area contributed by atoms with Crippen LogP contribution < -0.4 is 11.1 Å². The van der Waals surface area contributed by atoms with Crippen molar-refractivity contribution in [3.63, 3.8) is 0 Å². The Hall–Kier alpha value is -1.79. The maximum Gasteiger partial charge on any atom is 0.326 e. The van der Waals surface area contributed by atoms with Crippen molar-refractivity contribution in [3.05, 3.63) is 0 Å². The van der Waals surface area contributed by atoms with Crippen LogP contribution in [0.2, 0.25) is 0 Å². The standard InChI is InChI=1S/C13H23N3O4/c1-3-8(2)10(15-13(14)20)11(17)16-7-5-4-6-9(16)12(18)19/h8-10H,3-7H2,1-2H3,(H,18,19)(H3,14,15,20)/t8?,9-,10?/m0/s1. The number of nitrogens with zero attached hydrogens (tertiary/aromatic N) is 1. The minimum absolute atomic E-state index is 0.105. The fourth-order valence-electron chi connectivity index (χ4n) is 2.47. The minimum Gasteiger partial charge on any atom is -0.480 e. The molecule has 7 nitrogen and oxygen atoms in total. The largest absolute Gasteiger partial charge is 0.480 e. The third-order valence-corrected chi connectivity index (χ3v) is 3.85. The first-order valence-corrected chi connectivity index (χ1v) is 6.97. The molecule has 3 amide bonds. The predicted molar refractivity (Wildman–Crippen MR) is 72.9 cm³/mol. The van der Waals surface area contributed by atoms with Gasteiger partial charge in [0, 0.05) is 6.54 Å². The molecule has 0 radical (unpaired) electrons. The summed E-state index contributed by atoms with van der Waals surface area (Å²) in [6.07, 6.45) is 2.70. The number of carbonyl (C=O) groups excluding carboxylic acids is 2. The van der Waals surface area contributed by atoms with Gasteiger partial charge in [-0.1, -0.05) is 20.3 Å². The number of primary amides is 1. The highest BCUT2D eigenvalue weighted by atomic mass is 16.4. The number of aliphatic carboxylic acids is 1. The topological polar surface area (TPSA) is 113 Å². The monoisotopic (exact) mass is 285 g/mol. The van der Waals surface area contributed by atoms with Crippen LogP contribution in [-0.4, -0.2) is 46.5 Å². The number of nitrogens with two attached hydrogens (primary N) is 1. The van der Waals surface area contributed by atoms with E-state index in [9.17, 15) is 19.5 Å². The molecule has 1 aliphatic heterocycles. The normalized spacial score (nSPS) is 21.9. The zero-order valence-electron chi connectivity index (χ0n) is 12.0. The molecule has 0 aromatic rings. The summed E-state index contributed by atoms with van der Waals surface area (Å²) >= 11 is 0. The van der Waals surface area contributed by atoms with E-state index in [-0.39, 0.29) is 11.8 Å². The Morgan fingerprint density at radius 3 is 2.55 bits per heavy atom. The summed E-state index contributed by atoms with van der Waals surface area (Å²) in [7, 11) is 0. The number of likely N-dealkylation sites (tertiary alicyclic amines) is 1. The molecule has 1 rings (SSSR count). The zero-order chi connectivity index (χ0) is 15.3. The number of carbonyl (C=O) groups is 3. The fourth-order valence-corrected chi connectivity index (χ4v) is 2.47. The van der Waals surface area contributed by atoms with E-state index in [1.807, 2.05) is 13.8 Å². The Morgan fingerprint density at radius 2 is 2.05 bits per heavy atom. The zero-order valence-corrected chi connectivity index (χ0v) is 12.0. The molecule has 0 aliphatic carbocycles. The number of rotatable bonds is 5. The minimum atomic E-state index is -1.000. The van der Waals surface area contributed by atoms with Gasteiger partial charge in [-0.25, -0.2) is 9.59 Å². The quantitative estimate of drug-likeness (QED) is 0.684. The summed E-state index contributed by atoms with van der Waals surface area (Å²) in [5, 5.41) is 11.7. The molecule has 7 heteroatoms. The summed E-state index contributed by atoms with van der Waals surface area (Å²) in [4.78, 5) is 36.2. The number of carboxylic acids is 1. The average Bonchev–Trinajstić information content (AvgIpc) is 2.42. The summed E-state index contributed by atoms with van der Waals surface area (Å²) in [5.41, 5.74) is 5.11. The van der Waals surface area contributed by atoms with E-state index >= 15 is 0 Å². The summed E-state index contributed by atoms with van der Waals surface area (Å²) in [5.74, 6) is -1.46. The molecule has 0 aromatic carbocycles. The van der Waals surface area contributed by atoms with Crippen LogP contribution in [0.4, 0.5) is 4.79 Å². The van der Waals surface area contributed by atoms with Crippen LogP contribution in [0.3, 0.4) is 0 Å². The molecular weight excluding hydrogens is 262 g/mol. The van der Waals surface area contributed by atoms with Crippen molar-refractivity contribution in [3.8, 4) is 0 Å². The molecule has 0 saturated carbocycles. The Labute approximate surface area is 118 Å². The van der Waals surface area contributed by atoms with E-state index in [0.29, 0.717) is 19.4 Å². The third-order valence-electron chi connectivity index (χ3n) is 3.85. The van der Waals surface area contributed by atoms with Gasteiger partial charge in [0.25, 0.3) is 0 Å². The Morgan fingerprint density at radius 1 is 1.40 bits per heavy atom. The molecular formula is C13H23N3O4. The number of hydrogen-bond donors (Lipinski definition) is 3. The van der Waals surface area contributed by atoms with Crippen molar-refractivity contribution in [2.75, 3.05) is 6.54 Å². The maximum atomic E-state index is 12.5. The van der Waals surface area contributed by atoms with Crippen LogP contribution >= 0.6 is 0 Å². The van der Waals surface area contributed by atoms with Crippen molar-refractivity contribution in [1.82, 2.24) is 10.2 Å². The number of amides is 3. The van der Waals surface area contributed by atoms with Crippen LogP contribution in [0.15, 0.2) is 0 Å². The molecule has 2 unspecified atom stereocenters. The molecule has 1 aliphatic rings. The SMILES string of the molecule is CCC(C)C(NC(N)=O)C(=O)N1CCCC[C@H]1C(=O)O. The first kappa shape index (κ1) is 16.3. The lowest BCUT2D eigenvalue weighted by atomic mass is 9.95. The van der Waals surface area contributed by atoms with E-state index in [1.165, 1.54) is 4.90 Å². The lowest BCUT2D eigenvalue weighted by Gasteiger charge is -2.36. The third kappa shape index (κ3) is 3.85. The number of nitrogens with one attached hydrogen (secondary N) is 1. The van der Waals surface area contributed by atoms with E-state index in [0.717, 1.165) is 12.8 Å². The lowest BCUT2D eigenvalue weighted by molar-refractivity contribution is -0.153. The first-order valence-electron chi connectivity index (χ1n) is 6.97. The van der Waals surface area contributed by atoms with Gasteiger partial charge in [-0.05, 0) is 25.2 Å². The molecule has 3 atom stereocenters. The van der Waals surface area contributed by atoms with Crippen LogP contribution in [0.5, 0.6) is 0 Å². The van der Waals surface area contributed by atoms with Crippen molar-refractivity contribution >= 4 is 17.9 Å². The van der Waals surface area contributed by atoms with Crippen LogP contribution in [0, 0.1) is 5.92 Å². The Bertz CT molecular complexity index is 382. The van der Waals surface area contributed by atoms with Crippen molar-refractivity contribution in [2.45, 2.75) is 51.6 Å². The highest BCUT2D eigenvalue weighted by molar-refractivity contribution is 5.90. The van der Waals surface area contributed by atoms with Gasteiger partial charge in [-0.2, -0.15) is 0 Å². The molecule has 4 N–H and O–H groups in total. The van der Waals surface area contributed by atoms with Crippen LogP contribution in [0.1, 0.15) is 39.5 Å². The maximum absolute atomic E-state index is 12.5. The number of piperidine rings is 1. The second-order valence-corrected chi connectivity index (χ2v) is 5.25. The van der Waals surface area contributed by atoms with Gasteiger partial charge in [0.05, 0.1) is 0 Å². The molecule has 20 heavy (non-hydrogen) atoms. The van der Waals surface area contributed by atoms with Crippen molar-refractivity contribution in [1.29, 1.82) is 0 Å². The second kappa shape index (κ2) is 7.12. The van der Waals surface area contributed by atoms with Crippen molar-refractivity contribution < 1.29 is 19.5 Å². The fraction of sp³-hybridized carbons (Fsp3) is 0.769. The number of carboxylic acid groups (broad SMARTS) is 1. The summed E-state index contributed by atoms with van der Waals surface area (Å²) < 4.78 is 0. The number of urea groups is 1. The lowest BCUT2D eigenvalue weighted by Crippen LogP contribution is -2.58. The van der Waals surface area contributed by atoms with Gasteiger partial charge in [-0.3, -0.25) is 4.79 Å². The van der Waals surface area contributed by atoms with E-state index in [4.69, 9.17) is 5.73 Å². The smallest absolute Gasteiger partial charge is 0.326 e. The van der Waals surface area contributed by atoms with Gasteiger partial charge in [0.1, 0.15) is 12.1 Å². The van der Waals surface area contributed by atoms with Crippen LogP contribution in [-0.2, 0) is 9.59 Å². The van der Waals surface area contributed by atoms with E-state index < -0.39 is 24.1 Å². The molecule has 1 fully saturated rings. The van der Waals surface area contributed by atoms with Gasteiger partial charge >= 0.3 is 12.0 Å². The Balaban J connectivity index is 2.90. The summed E-state index contributed by atoms with van der Waals surface area (Å²) in [6.45, 7) is 4.14. The summed E-state index contributed by atoms with van der Waals surface area (Å²) in [6, 6.07) is -2.34. The molecule has 0 aromatic heterocycles. The predicted octanol–water partition coefficient (Wildman–Crippen LogP) is 0.535. The second-order valence-electron chi connectivity index (χ2n) is 5.25. The highest BCUT2D eigenvalue weighted by Crippen LogP contribution is 2.20. The molecule has 114 valence electrons. The van der Waals surface area contributed by atoms with Crippen molar-refractivity contribution in [2.24, 2.45) is 11.7 Å². The van der Waals surface area contributed by atoms with Gasteiger partial charge < -0.3 is 21.1 Å².